The van der Waals surface area contributed by atoms with Crippen LogP contribution in [0.25, 0.3) is 0 Å². The molecule has 0 aromatic heterocycles. The van der Waals surface area contributed by atoms with Gasteiger partial charge in [-0.1, -0.05) is 17.3 Å². The Morgan fingerprint density at radius 1 is 1.36 bits per heavy atom. The number of non-ortho nitro benzene ring substituents is 1. The Balaban J connectivity index is 1.86. The van der Waals surface area contributed by atoms with Crippen molar-refractivity contribution >= 4 is 17.6 Å². The fourth-order valence-corrected chi connectivity index (χ4v) is 1.88. The summed E-state index contributed by atoms with van der Waals surface area (Å²) in [7, 11) is 0. The SMILES string of the molecule is NC(Cc1ccc([N+](=O)[O-])cc1)=NOC(=O)N1CCOCC1. The van der Waals surface area contributed by atoms with Crippen LogP contribution in [0.15, 0.2) is 29.4 Å². The molecule has 1 saturated heterocycles. The molecule has 0 saturated carbocycles. The molecule has 1 fully saturated rings. The summed E-state index contributed by atoms with van der Waals surface area (Å²) in [5, 5.41) is 14.1. The predicted molar refractivity (Wildman–Crippen MR) is 77.3 cm³/mol. The van der Waals surface area contributed by atoms with Gasteiger partial charge in [0.2, 0.25) is 0 Å². The summed E-state index contributed by atoms with van der Waals surface area (Å²) in [6.07, 6.45) is -0.344. The molecule has 0 unspecified atom stereocenters. The third-order valence-corrected chi connectivity index (χ3v) is 3.04. The van der Waals surface area contributed by atoms with Crippen molar-refractivity contribution in [2.45, 2.75) is 6.42 Å². The van der Waals surface area contributed by atoms with E-state index < -0.39 is 11.0 Å². The van der Waals surface area contributed by atoms with Gasteiger partial charge in [-0.05, 0) is 5.56 Å². The van der Waals surface area contributed by atoms with E-state index in [0.717, 1.165) is 5.56 Å². The minimum absolute atomic E-state index is 0.00185. The van der Waals surface area contributed by atoms with Crippen molar-refractivity contribution in [2.75, 3.05) is 26.3 Å². The quantitative estimate of drug-likeness (QED) is 0.290. The van der Waals surface area contributed by atoms with Crippen molar-refractivity contribution in [3.8, 4) is 0 Å². The van der Waals surface area contributed by atoms with E-state index in [-0.39, 0.29) is 17.9 Å². The molecule has 0 aliphatic carbocycles. The Hall–Kier alpha value is -2.68. The Bertz CT molecular complexity index is 566. The van der Waals surface area contributed by atoms with Gasteiger partial charge in [0.25, 0.3) is 5.69 Å². The van der Waals surface area contributed by atoms with Crippen LogP contribution < -0.4 is 5.73 Å². The molecule has 2 N–H and O–H groups in total. The second kappa shape index (κ2) is 7.36. The molecule has 22 heavy (non-hydrogen) atoms. The molecule has 9 heteroatoms. The minimum Gasteiger partial charge on any atom is -0.384 e. The third-order valence-electron chi connectivity index (χ3n) is 3.04. The molecule has 0 radical (unpaired) electrons. The molecule has 1 aromatic rings. The zero-order valence-electron chi connectivity index (χ0n) is 11.8. The van der Waals surface area contributed by atoms with E-state index >= 15 is 0 Å². The van der Waals surface area contributed by atoms with Gasteiger partial charge in [0.05, 0.1) is 18.1 Å². The highest BCUT2D eigenvalue weighted by Gasteiger charge is 2.18. The fourth-order valence-electron chi connectivity index (χ4n) is 1.88. The van der Waals surface area contributed by atoms with Gasteiger partial charge in [0.15, 0.2) is 0 Å². The highest BCUT2D eigenvalue weighted by molar-refractivity contribution is 5.83. The first-order valence-corrected chi connectivity index (χ1v) is 6.65. The smallest absolute Gasteiger partial charge is 0.384 e. The van der Waals surface area contributed by atoms with Gasteiger partial charge in [0, 0.05) is 31.6 Å². The lowest BCUT2D eigenvalue weighted by molar-refractivity contribution is -0.384. The molecule has 1 aliphatic rings. The summed E-state index contributed by atoms with van der Waals surface area (Å²) in [5.41, 5.74) is 6.41. The molecule has 118 valence electrons. The predicted octanol–water partition coefficient (Wildman–Crippen LogP) is 0.878. The van der Waals surface area contributed by atoms with Gasteiger partial charge in [-0.25, -0.2) is 4.79 Å². The van der Waals surface area contributed by atoms with Crippen molar-refractivity contribution in [2.24, 2.45) is 10.9 Å². The summed E-state index contributed by atoms with van der Waals surface area (Å²) < 4.78 is 5.12. The molecule has 0 spiro atoms. The van der Waals surface area contributed by atoms with Crippen molar-refractivity contribution in [3.63, 3.8) is 0 Å². The van der Waals surface area contributed by atoms with Crippen LogP contribution in [0.3, 0.4) is 0 Å². The first-order valence-electron chi connectivity index (χ1n) is 6.65. The molecule has 0 bridgehead atoms. The molecular formula is C13H16N4O5. The van der Waals surface area contributed by atoms with E-state index in [4.69, 9.17) is 15.3 Å². The number of ether oxygens (including phenoxy) is 1. The number of amides is 1. The number of hydrogen-bond acceptors (Lipinski definition) is 6. The van der Waals surface area contributed by atoms with Crippen LogP contribution in [0.5, 0.6) is 0 Å². The zero-order valence-corrected chi connectivity index (χ0v) is 11.8. The summed E-state index contributed by atoms with van der Waals surface area (Å²) in [6.45, 7) is 1.85. The monoisotopic (exact) mass is 308 g/mol. The lowest BCUT2D eigenvalue weighted by atomic mass is 10.1. The maximum Gasteiger partial charge on any atom is 0.436 e. The average Bonchev–Trinajstić information content (AvgIpc) is 2.54. The van der Waals surface area contributed by atoms with E-state index in [1.54, 1.807) is 12.1 Å². The van der Waals surface area contributed by atoms with E-state index in [0.29, 0.717) is 26.3 Å². The number of amidine groups is 1. The number of carbonyl (C=O) groups excluding carboxylic acids is 1. The average molecular weight is 308 g/mol. The maximum atomic E-state index is 11.7. The minimum atomic E-state index is -0.574. The van der Waals surface area contributed by atoms with Crippen LogP contribution in [0.4, 0.5) is 10.5 Å². The molecule has 0 atom stereocenters. The number of oxime groups is 1. The normalized spacial score (nSPS) is 15.5. The Morgan fingerprint density at radius 3 is 2.59 bits per heavy atom. The van der Waals surface area contributed by atoms with E-state index in [1.165, 1.54) is 17.0 Å². The van der Waals surface area contributed by atoms with Gasteiger partial charge < -0.3 is 15.4 Å². The Morgan fingerprint density at radius 2 is 2.00 bits per heavy atom. The highest BCUT2D eigenvalue weighted by Crippen LogP contribution is 2.12. The van der Waals surface area contributed by atoms with Crippen molar-refractivity contribution in [1.82, 2.24) is 4.90 Å². The van der Waals surface area contributed by atoms with Crippen LogP contribution in [0.2, 0.25) is 0 Å². The van der Waals surface area contributed by atoms with Crippen LogP contribution >= 0.6 is 0 Å². The van der Waals surface area contributed by atoms with Crippen LogP contribution in [-0.2, 0) is 16.0 Å². The van der Waals surface area contributed by atoms with Crippen LogP contribution in [0.1, 0.15) is 5.56 Å². The van der Waals surface area contributed by atoms with Gasteiger partial charge in [-0.3, -0.25) is 15.0 Å². The number of nitrogens with two attached hydrogens (primary N) is 1. The summed E-state index contributed by atoms with van der Waals surface area (Å²) in [6, 6.07) is 5.90. The summed E-state index contributed by atoms with van der Waals surface area (Å²) in [5.74, 6) is 0.107. The number of carbonyl (C=O) groups is 1. The first kappa shape index (κ1) is 15.7. The molecule has 2 rings (SSSR count). The van der Waals surface area contributed by atoms with E-state index in [1.807, 2.05) is 0 Å². The molecule has 9 nitrogen and oxygen atoms in total. The first-order chi connectivity index (χ1) is 10.6. The van der Waals surface area contributed by atoms with Gasteiger partial charge in [-0.2, -0.15) is 0 Å². The number of hydrogen-bond donors (Lipinski definition) is 1. The highest BCUT2D eigenvalue weighted by atomic mass is 16.7. The number of benzene rings is 1. The zero-order chi connectivity index (χ0) is 15.9. The van der Waals surface area contributed by atoms with Crippen molar-refractivity contribution in [3.05, 3.63) is 39.9 Å². The van der Waals surface area contributed by atoms with Gasteiger partial charge in [0.1, 0.15) is 5.84 Å². The number of rotatable bonds is 4. The van der Waals surface area contributed by atoms with E-state index in [9.17, 15) is 14.9 Å². The van der Waals surface area contributed by atoms with E-state index in [2.05, 4.69) is 5.16 Å². The Kier molecular flexibility index (Phi) is 5.26. The van der Waals surface area contributed by atoms with Crippen molar-refractivity contribution in [1.29, 1.82) is 0 Å². The number of nitrogens with zero attached hydrogens (tertiary/aromatic N) is 3. The summed E-state index contributed by atoms with van der Waals surface area (Å²) in [4.78, 5) is 28.0. The maximum absolute atomic E-state index is 11.7. The largest absolute Gasteiger partial charge is 0.436 e. The lowest BCUT2D eigenvalue weighted by Gasteiger charge is -2.24. The molecule has 1 amide bonds. The second-order valence-corrected chi connectivity index (χ2v) is 4.64. The summed E-state index contributed by atoms with van der Waals surface area (Å²) >= 11 is 0. The molecule has 1 aliphatic heterocycles. The third kappa shape index (κ3) is 4.42. The molecule has 1 heterocycles. The van der Waals surface area contributed by atoms with Gasteiger partial charge in [-0.15, -0.1) is 0 Å². The number of morpholine rings is 1. The fraction of sp³-hybridized carbons (Fsp3) is 0.385. The number of nitro benzene ring substituents is 1. The topological polar surface area (TPSA) is 120 Å². The Labute approximate surface area is 126 Å². The standard InChI is InChI=1S/C13H16N4O5/c14-12(9-10-1-3-11(4-2-10)17(19)20)15-22-13(18)16-5-7-21-8-6-16/h1-4H,5-9H2,(H2,14,15). The second-order valence-electron chi connectivity index (χ2n) is 4.64. The lowest BCUT2D eigenvalue weighted by Crippen LogP contribution is -2.40. The molecular weight excluding hydrogens is 292 g/mol. The number of nitro groups is 1. The van der Waals surface area contributed by atoms with Crippen LogP contribution in [-0.4, -0.2) is 48.1 Å². The van der Waals surface area contributed by atoms with Gasteiger partial charge >= 0.3 is 6.09 Å². The van der Waals surface area contributed by atoms with Crippen LogP contribution in [0, 0.1) is 10.1 Å². The molecule has 1 aromatic carbocycles. The van der Waals surface area contributed by atoms with Crippen molar-refractivity contribution < 1.29 is 19.3 Å².